The van der Waals surface area contributed by atoms with Crippen LogP contribution in [0.2, 0.25) is 0 Å². The summed E-state index contributed by atoms with van der Waals surface area (Å²) in [6, 6.07) is 88.6. The van der Waals surface area contributed by atoms with Crippen LogP contribution in [0.4, 0.5) is 17.3 Å². The maximum Gasteiger partial charge on any atom is 0.673 e. The van der Waals surface area contributed by atoms with Gasteiger partial charge in [0.2, 0.25) is 0 Å². The average molecular weight is 1010 g/mol. The van der Waals surface area contributed by atoms with Gasteiger partial charge in [-0.2, -0.15) is 0 Å². The molecule has 8 aromatic carbocycles. The fourth-order valence-electron chi connectivity index (χ4n) is 7.27. The summed E-state index contributed by atoms with van der Waals surface area (Å²) in [4.78, 5) is 0. The Morgan fingerprint density at radius 1 is 0.234 bits per heavy atom. The summed E-state index contributed by atoms with van der Waals surface area (Å²) in [7, 11) is -7.24. The first-order chi connectivity index (χ1) is 30.8. The van der Waals surface area contributed by atoms with Crippen molar-refractivity contribution in [1.29, 1.82) is 0 Å². The van der Waals surface area contributed by atoms with Crippen LogP contribution in [0.5, 0.6) is 0 Å². The van der Waals surface area contributed by atoms with Crippen molar-refractivity contribution < 1.29 is 36.7 Å². The second-order valence-corrected chi connectivity index (χ2v) is 23.8. The Morgan fingerprint density at radius 3 is 0.453 bits per heavy atom. The first kappa shape index (κ1) is 50.9. The first-order valence-corrected chi connectivity index (χ1v) is 27.3. The van der Waals surface area contributed by atoms with E-state index in [4.69, 9.17) is 0 Å². The summed E-state index contributed by atoms with van der Waals surface area (Å²) in [5, 5.41) is 11.9. The molecule has 0 saturated carbocycles. The Labute approximate surface area is 395 Å². The van der Waals surface area contributed by atoms with E-state index >= 15 is 0 Å². The fraction of sp³-hybridized carbons (Fsp3) is 0.111. The minimum Gasteiger partial charge on any atom is -0.418 e. The van der Waals surface area contributed by atoms with Gasteiger partial charge in [-0.3, -0.25) is 0 Å². The van der Waals surface area contributed by atoms with E-state index in [0.717, 1.165) is 0 Å². The molecule has 0 aliphatic heterocycles. The maximum absolute atomic E-state index is 9.75. The Kier molecular flexibility index (Phi) is 22.3. The van der Waals surface area contributed by atoms with Crippen LogP contribution in [-0.2, 0) is 19.5 Å². The quantitative estimate of drug-likeness (QED) is 0.0514. The number of rotatable bonds is 16. The number of benzene rings is 8. The molecule has 0 spiro atoms. The van der Waals surface area contributed by atoms with Crippen molar-refractivity contribution in [2.75, 3.05) is 24.6 Å². The molecule has 0 aromatic heterocycles. The SMILES string of the molecule is F[B-](F)(F)F.[Rh].c1ccc(P(CCCP(c2ccccc2)c2ccccc2)c2ccccc2)cc1.c1ccc(P(CCCP(c2ccccc2)c2ccccc2)c2ccccc2)cc1. The van der Waals surface area contributed by atoms with Crippen LogP contribution in [0.3, 0.4) is 0 Å². The molecule has 0 heterocycles. The zero-order valence-electron chi connectivity index (χ0n) is 35.5. The Bertz CT molecular complexity index is 1910. The summed E-state index contributed by atoms with van der Waals surface area (Å²) in [6.45, 7) is 0. The van der Waals surface area contributed by atoms with Crippen LogP contribution in [0.15, 0.2) is 243 Å². The van der Waals surface area contributed by atoms with E-state index < -0.39 is 7.25 Å². The first-order valence-electron chi connectivity index (χ1n) is 21.2. The van der Waals surface area contributed by atoms with Crippen LogP contribution in [-0.4, -0.2) is 31.9 Å². The third kappa shape index (κ3) is 17.4. The van der Waals surface area contributed by atoms with Crippen molar-refractivity contribution in [3.05, 3.63) is 243 Å². The minimum absolute atomic E-state index is 0. The normalized spacial score (nSPS) is 11.0. The van der Waals surface area contributed by atoms with Gasteiger partial charge in [-0.15, -0.1) is 0 Å². The summed E-state index contributed by atoms with van der Waals surface area (Å²) < 4.78 is 39.0. The summed E-state index contributed by atoms with van der Waals surface area (Å²) in [5.74, 6) is 0. The molecule has 8 aromatic rings. The van der Waals surface area contributed by atoms with Crippen molar-refractivity contribution in [2.45, 2.75) is 12.8 Å². The van der Waals surface area contributed by atoms with Crippen LogP contribution in [0, 0.1) is 0 Å². The zero-order chi connectivity index (χ0) is 44.0. The molecule has 0 nitrogen and oxygen atoms in total. The van der Waals surface area contributed by atoms with E-state index in [0.29, 0.717) is 0 Å². The molecule has 0 saturated heterocycles. The molecule has 0 amide bonds. The second-order valence-electron chi connectivity index (χ2n) is 14.5. The van der Waals surface area contributed by atoms with Gasteiger partial charge in [0.25, 0.3) is 0 Å². The molecule has 1 radical (unpaired) electrons. The van der Waals surface area contributed by atoms with Crippen molar-refractivity contribution in [3.8, 4) is 0 Å². The van der Waals surface area contributed by atoms with E-state index in [2.05, 4.69) is 243 Å². The van der Waals surface area contributed by atoms with E-state index in [1.54, 1.807) is 0 Å². The van der Waals surface area contributed by atoms with E-state index in [1.165, 1.54) is 79.9 Å². The Hall–Kier alpha value is -4.11. The van der Waals surface area contributed by atoms with Crippen molar-refractivity contribution in [1.82, 2.24) is 0 Å². The number of hydrogen-bond acceptors (Lipinski definition) is 0. The zero-order valence-corrected chi connectivity index (χ0v) is 40.8. The monoisotopic (exact) mass is 1010 g/mol. The Balaban J connectivity index is 0.000000215. The van der Waals surface area contributed by atoms with Gasteiger partial charge in [0, 0.05) is 19.5 Å². The van der Waals surface area contributed by atoms with Crippen LogP contribution in [0.25, 0.3) is 0 Å². The van der Waals surface area contributed by atoms with E-state index in [9.17, 15) is 17.3 Å². The molecule has 329 valence electrons. The summed E-state index contributed by atoms with van der Waals surface area (Å²) in [6.07, 6.45) is 7.43. The molecular weight excluding hydrogens is 962 g/mol. The predicted molar refractivity (Wildman–Crippen MR) is 275 cm³/mol. The molecule has 0 atom stereocenters. The molecule has 8 rings (SSSR count). The average Bonchev–Trinajstić information content (AvgIpc) is 3.33. The van der Waals surface area contributed by atoms with Crippen molar-refractivity contribution in [2.24, 2.45) is 0 Å². The van der Waals surface area contributed by atoms with Gasteiger partial charge in [-0.1, -0.05) is 243 Å². The Morgan fingerprint density at radius 2 is 0.344 bits per heavy atom. The van der Waals surface area contributed by atoms with Gasteiger partial charge in [-0.25, -0.2) is 0 Å². The van der Waals surface area contributed by atoms with Crippen LogP contribution >= 0.6 is 31.7 Å². The minimum atomic E-state index is -6.00. The molecule has 0 fully saturated rings. The smallest absolute Gasteiger partial charge is 0.418 e. The number of halogens is 4. The third-order valence-corrected chi connectivity index (χ3v) is 20.5. The number of hydrogen-bond donors (Lipinski definition) is 0. The second kappa shape index (κ2) is 28.0. The molecular formula is C54H52BF4P4Rh-. The largest absolute Gasteiger partial charge is 0.673 e. The van der Waals surface area contributed by atoms with Crippen molar-refractivity contribution in [3.63, 3.8) is 0 Å². The maximum atomic E-state index is 9.75. The molecule has 0 bridgehead atoms. The third-order valence-electron chi connectivity index (χ3n) is 10.1. The molecule has 64 heavy (non-hydrogen) atoms. The van der Waals surface area contributed by atoms with Gasteiger partial charge < -0.3 is 17.3 Å². The topological polar surface area (TPSA) is 0 Å². The van der Waals surface area contributed by atoms with Crippen LogP contribution in [0.1, 0.15) is 12.8 Å². The van der Waals surface area contributed by atoms with Gasteiger partial charge in [0.05, 0.1) is 0 Å². The summed E-state index contributed by atoms with van der Waals surface area (Å²) >= 11 is 0. The van der Waals surface area contributed by atoms with Gasteiger partial charge in [0.1, 0.15) is 0 Å². The molecule has 0 aliphatic rings. The molecule has 10 heteroatoms. The fourth-order valence-corrected chi connectivity index (χ4v) is 17.2. The summed E-state index contributed by atoms with van der Waals surface area (Å²) in [5.41, 5.74) is 0. The van der Waals surface area contributed by atoms with E-state index in [-0.39, 0.29) is 51.2 Å². The van der Waals surface area contributed by atoms with Crippen LogP contribution < -0.4 is 42.4 Å². The standard InChI is InChI=1S/2C27H26P2.BF4.Rh/c2*1-5-14-24(15-6-1)28(25-16-7-2-8-17-25)22-13-23-29(26-18-9-3-10-19-26)27-20-11-4-12-21-27;2-1(3,4)5;/h2*1-12,14-21H,13,22-23H2;;/q;;-1;. The van der Waals surface area contributed by atoms with Gasteiger partial charge in [0.15, 0.2) is 0 Å². The molecule has 0 N–H and O–H groups in total. The molecule has 0 unspecified atom stereocenters. The molecule has 0 aliphatic carbocycles. The van der Waals surface area contributed by atoms with Gasteiger partial charge >= 0.3 is 7.25 Å². The van der Waals surface area contributed by atoms with Crippen molar-refractivity contribution >= 4 is 81.4 Å². The van der Waals surface area contributed by atoms with Gasteiger partial charge in [-0.05, 0) is 112 Å². The van der Waals surface area contributed by atoms with E-state index in [1.807, 2.05) is 0 Å². The predicted octanol–water partition coefficient (Wildman–Crippen LogP) is 12.6.